The summed E-state index contributed by atoms with van der Waals surface area (Å²) in [6, 6.07) is -0.308. The minimum Gasteiger partial charge on any atom is -0.489 e. The minimum atomic E-state index is -1.84. The highest BCUT2D eigenvalue weighted by Crippen LogP contribution is 2.47. The summed E-state index contributed by atoms with van der Waals surface area (Å²) in [5.74, 6) is 0.309. The molecule has 3 fully saturated rings. The lowest BCUT2D eigenvalue weighted by atomic mass is 9.78. The van der Waals surface area contributed by atoms with Crippen molar-refractivity contribution in [3.05, 3.63) is 11.3 Å². The predicted octanol–water partition coefficient (Wildman–Crippen LogP) is 3.04. The summed E-state index contributed by atoms with van der Waals surface area (Å²) in [6.07, 6.45) is -2.11. The zero-order valence-electron chi connectivity index (χ0n) is 34.2. The Morgan fingerprint density at radius 1 is 1.00 bits per heavy atom. The third kappa shape index (κ3) is 8.63. The summed E-state index contributed by atoms with van der Waals surface area (Å²) in [7, 11) is 5.47. The second-order valence-electron chi connectivity index (χ2n) is 17.5. The van der Waals surface area contributed by atoms with E-state index in [-0.39, 0.29) is 25.0 Å². The van der Waals surface area contributed by atoms with E-state index >= 15 is 0 Å². The number of terminal acetylenes is 1. The molecule has 304 valence electrons. The van der Waals surface area contributed by atoms with Gasteiger partial charge in [0, 0.05) is 38.2 Å². The van der Waals surface area contributed by atoms with Crippen molar-refractivity contribution in [3.8, 4) is 12.3 Å². The van der Waals surface area contributed by atoms with E-state index in [2.05, 4.69) is 5.92 Å². The van der Waals surface area contributed by atoms with Crippen LogP contribution in [0, 0.1) is 30.1 Å². The van der Waals surface area contributed by atoms with E-state index < -0.39 is 95.8 Å². The molecule has 0 saturated carbocycles. The summed E-state index contributed by atoms with van der Waals surface area (Å²) < 4.78 is 45.3. The molecule has 3 saturated heterocycles. The van der Waals surface area contributed by atoms with E-state index in [9.17, 15) is 25.2 Å². The molecule has 4 aliphatic heterocycles. The topological polar surface area (TPSA) is 163 Å². The molecular weight excluding hydrogens is 686 g/mol. The van der Waals surface area contributed by atoms with Gasteiger partial charge in [-0.1, -0.05) is 20.8 Å². The summed E-state index contributed by atoms with van der Waals surface area (Å²) in [4.78, 5) is 14.2. The highest BCUT2D eigenvalue weighted by molar-refractivity contribution is 5.73. The van der Waals surface area contributed by atoms with Gasteiger partial charge in [-0.3, -0.25) is 4.79 Å². The molecule has 4 heterocycles. The Morgan fingerprint density at radius 3 is 2.23 bits per heavy atom. The first-order chi connectivity index (χ1) is 24.5. The van der Waals surface area contributed by atoms with Gasteiger partial charge in [0.05, 0.1) is 50.0 Å². The number of nitrogens with zero attached hydrogens (tertiary/aromatic N) is 1. The van der Waals surface area contributed by atoms with Crippen molar-refractivity contribution in [2.75, 3.05) is 27.7 Å². The fourth-order valence-electron chi connectivity index (χ4n) is 9.26. The lowest BCUT2D eigenvalue weighted by molar-refractivity contribution is -0.915. The quantitative estimate of drug-likeness (QED) is 0.163. The molecule has 17 atom stereocenters. The number of esters is 1. The van der Waals surface area contributed by atoms with Crippen LogP contribution < -0.4 is 0 Å². The molecule has 4 rings (SSSR count). The Bertz CT molecular complexity index is 1360. The number of ether oxygens (including phenoxy) is 7. The van der Waals surface area contributed by atoms with E-state index in [1.807, 2.05) is 41.8 Å². The number of hydrogen-bond acceptors (Lipinski definition) is 12. The van der Waals surface area contributed by atoms with Crippen LogP contribution in [0.15, 0.2) is 11.3 Å². The van der Waals surface area contributed by atoms with E-state index in [4.69, 9.17) is 39.6 Å². The van der Waals surface area contributed by atoms with Crippen LogP contribution in [0.5, 0.6) is 0 Å². The van der Waals surface area contributed by atoms with Crippen molar-refractivity contribution in [2.24, 2.45) is 17.8 Å². The van der Waals surface area contributed by atoms with Crippen LogP contribution in [-0.4, -0.2) is 143 Å². The maximum absolute atomic E-state index is 14.2. The average Bonchev–Trinajstić information content (AvgIpc) is 3.40. The third-order valence-corrected chi connectivity index (χ3v) is 12.7. The molecule has 4 aliphatic rings. The van der Waals surface area contributed by atoms with Gasteiger partial charge in [-0.05, 0) is 66.4 Å². The van der Waals surface area contributed by atoms with Gasteiger partial charge in [0.25, 0.3) is 0 Å². The second kappa shape index (κ2) is 16.3. The molecule has 13 nitrogen and oxygen atoms in total. The molecule has 0 aromatic rings. The zero-order valence-corrected chi connectivity index (χ0v) is 34.2. The van der Waals surface area contributed by atoms with Crippen LogP contribution in [-0.2, 0) is 38.0 Å². The first-order valence-electron chi connectivity index (χ1n) is 19.3. The number of likely N-dealkylation sites (N-methyl/N-ethyl adjacent to an activating group) is 1. The summed E-state index contributed by atoms with van der Waals surface area (Å²) in [6.45, 7) is 18.3. The van der Waals surface area contributed by atoms with Crippen LogP contribution in [0.3, 0.4) is 0 Å². The molecular formula is C40H68NO12+. The highest BCUT2D eigenvalue weighted by Gasteiger charge is 2.57. The van der Waals surface area contributed by atoms with E-state index in [1.165, 1.54) is 14.0 Å². The van der Waals surface area contributed by atoms with E-state index in [0.29, 0.717) is 29.6 Å². The smallest absolute Gasteiger partial charge is 0.311 e. The standard InChI is InChI=1S/C40H68NO12/c1-15-17-41(12,13)27-18-22(4)48-37(30(27)42)52-35-24(6)32(51-29-20-38(9,47-14)34(44)26(8)49-29)25(7)36(45)50-28(16-2)40(11,46)33(43)23(5)31-21(3)19-39(35,10)53-31/h1,22-30,32-35,37,42-44,46H,16-20H2,2-14H3/q+1/t22-,23+,24+,25-,26+,27+,28-,29+,30-,32+,33-,34+,35-,37+,38-,39-,40-/m1/s1. The lowest BCUT2D eigenvalue weighted by Gasteiger charge is -2.49. The van der Waals surface area contributed by atoms with Crippen molar-refractivity contribution >= 4 is 5.97 Å². The van der Waals surface area contributed by atoms with Crippen LogP contribution in [0.4, 0.5) is 0 Å². The molecule has 0 radical (unpaired) electrons. The first kappa shape index (κ1) is 43.9. The summed E-state index contributed by atoms with van der Waals surface area (Å²) in [5, 5.41) is 46.4. The largest absolute Gasteiger partial charge is 0.489 e. The SMILES string of the molecule is C#CC[N+](C)(C)[C@H]1C[C@@H](C)O[C@@H](O[C@@H]2[C@@H](C)[C@H](O[C@H]3C[C@@](C)(OC)[C@@H](O)[C@H](C)O3)[C@@H](C)C(=O)O[C@H](CC)[C@@](C)(O)[C@H](O)[C@@H](C)C3=C(C)C[C@@]2(C)O3)[C@@H]1O. The van der Waals surface area contributed by atoms with Gasteiger partial charge in [0.2, 0.25) is 0 Å². The Labute approximate surface area is 316 Å². The molecule has 4 N–H and O–H groups in total. The Kier molecular flexibility index (Phi) is 13.5. The number of hydrogen-bond donors (Lipinski definition) is 4. The number of carbonyl (C=O) groups excluding carboxylic acids is 1. The van der Waals surface area contributed by atoms with Gasteiger partial charge in [-0.25, -0.2) is 0 Å². The molecule has 0 aromatic carbocycles. The van der Waals surface area contributed by atoms with Gasteiger partial charge in [0.1, 0.15) is 47.9 Å². The van der Waals surface area contributed by atoms with E-state index in [0.717, 1.165) is 5.57 Å². The fourth-order valence-corrected chi connectivity index (χ4v) is 9.26. The average molecular weight is 755 g/mol. The van der Waals surface area contributed by atoms with Gasteiger partial charge < -0.3 is 58.1 Å². The number of rotatable bonds is 8. The normalized spacial score (nSPS) is 47.4. The third-order valence-electron chi connectivity index (χ3n) is 12.7. The van der Waals surface area contributed by atoms with Crippen molar-refractivity contribution in [1.82, 2.24) is 0 Å². The van der Waals surface area contributed by atoms with Crippen LogP contribution in [0.25, 0.3) is 0 Å². The second-order valence-corrected chi connectivity index (χ2v) is 17.5. The number of aliphatic hydroxyl groups excluding tert-OH is 3. The van der Waals surface area contributed by atoms with Crippen molar-refractivity contribution < 1.29 is 62.9 Å². The number of carbonyl (C=O) groups is 1. The van der Waals surface area contributed by atoms with Gasteiger partial charge in [-0.2, -0.15) is 0 Å². The number of fused-ring (bicyclic) bond motifs is 2. The van der Waals surface area contributed by atoms with Crippen molar-refractivity contribution in [1.29, 1.82) is 0 Å². The molecule has 2 bridgehead atoms. The molecule has 0 spiro atoms. The first-order valence-corrected chi connectivity index (χ1v) is 19.3. The lowest BCUT2D eigenvalue weighted by Crippen LogP contribution is -2.64. The Balaban J connectivity index is 1.85. The number of aliphatic hydroxyl groups is 4. The van der Waals surface area contributed by atoms with Gasteiger partial charge in [0.15, 0.2) is 18.7 Å². The molecule has 53 heavy (non-hydrogen) atoms. The maximum Gasteiger partial charge on any atom is 0.311 e. The molecule has 0 unspecified atom stereocenters. The summed E-state index contributed by atoms with van der Waals surface area (Å²) in [5.41, 5.74) is -3.08. The maximum atomic E-state index is 14.2. The van der Waals surface area contributed by atoms with E-state index in [1.54, 1.807) is 34.6 Å². The zero-order chi connectivity index (χ0) is 40.0. The number of methoxy groups -OCH3 is 1. The fraction of sp³-hybridized carbons (Fsp3) is 0.875. The Hall–Kier alpha value is -1.83. The molecule has 13 heteroatoms. The predicted molar refractivity (Wildman–Crippen MR) is 196 cm³/mol. The molecule has 0 amide bonds. The van der Waals surface area contributed by atoms with Crippen LogP contribution in [0.1, 0.15) is 94.9 Å². The number of cyclic esters (lactones) is 1. The van der Waals surface area contributed by atoms with Crippen LogP contribution >= 0.6 is 0 Å². The summed E-state index contributed by atoms with van der Waals surface area (Å²) >= 11 is 0. The van der Waals surface area contributed by atoms with Gasteiger partial charge in [-0.15, -0.1) is 6.42 Å². The van der Waals surface area contributed by atoms with Crippen LogP contribution in [0.2, 0.25) is 0 Å². The molecule has 0 aliphatic carbocycles. The van der Waals surface area contributed by atoms with Crippen molar-refractivity contribution in [3.63, 3.8) is 0 Å². The molecule has 0 aromatic heterocycles. The van der Waals surface area contributed by atoms with Crippen molar-refractivity contribution in [2.45, 2.75) is 179 Å². The van der Waals surface area contributed by atoms with Gasteiger partial charge >= 0.3 is 5.97 Å². The highest BCUT2D eigenvalue weighted by atomic mass is 16.7. The minimum absolute atomic E-state index is 0.159. The Morgan fingerprint density at radius 2 is 1.64 bits per heavy atom. The number of quaternary nitrogens is 1. The monoisotopic (exact) mass is 754 g/mol.